The maximum Gasteiger partial charge on any atom is 0.299 e. The largest absolute Gasteiger partial charge is 0.344 e. The molecule has 0 spiro atoms. The highest BCUT2D eigenvalue weighted by atomic mass is 16.7. The van der Waals surface area contributed by atoms with E-state index >= 15 is 0 Å². The predicted octanol–water partition coefficient (Wildman–Crippen LogP) is -0.271. The Labute approximate surface area is 36.2 Å². The molecule has 0 aromatic rings. The molecular formula is C3H7O3. The normalized spacial score (nSPS) is 10.0. The van der Waals surface area contributed by atoms with Gasteiger partial charge in [0.1, 0.15) is 0 Å². The molecule has 0 saturated carbocycles. The topological polar surface area (TPSA) is 49.4 Å². The highest BCUT2D eigenvalue weighted by molar-refractivity contribution is 4.05. The molecule has 1 N–H and O–H groups in total. The lowest BCUT2D eigenvalue weighted by Crippen LogP contribution is -2.06. The number of hydrogen-bond donors (Lipinski definition) is 1. The molecular weight excluding hydrogens is 84.0 g/mol. The van der Waals surface area contributed by atoms with Crippen LogP contribution in [0.2, 0.25) is 0 Å². The van der Waals surface area contributed by atoms with E-state index in [9.17, 15) is 5.11 Å². The summed E-state index contributed by atoms with van der Waals surface area (Å²) >= 11 is 0. The molecule has 1 radical (unpaired) electrons. The second kappa shape index (κ2) is 3.08. The third-order valence-corrected chi connectivity index (χ3v) is 0.309. The van der Waals surface area contributed by atoms with Crippen LogP contribution in [-0.2, 0) is 9.84 Å². The molecule has 37 valence electrons. The summed E-state index contributed by atoms with van der Waals surface area (Å²) in [6.07, 6.45) is 0. The summed E-state index contributed by atoms with van der Waals surface area (Å²) in [5.41, 5.74) is 0. The number of aliphatic hydroxyl groups excluding tert-OH is 1. The van der Waals surface area contributed by atoms with E-state index in [2.05, 4.69) is 4.74 Å². The Kier molecular flexibility index (Phi) is 3.02. The molecule has 1 atom stereocenters. The first-order valence-corrected chi connectivity index (χ1v) is 1.73. The van der Waals surface area contributed by atoms with Gasteiger partial charge >= 0.3 is 0 Å². The molecule has 0 aliphatic carbocycles. The molecule has 3 nitrogen and oxygen atoms in total. The fraction of sp³-hybridized carbons (Fsp3) is 1.00. The van der Waals surface area contributed by atoms with Gasteiger partial charge in [0, 0.05) is 6.61 Å². The van der Waals surface area contributed by atoms with Crippen molar-refractivity contribution in [2.24, 2.45) is 0 Å². The van der Waals surface area contributed by atoms with E-state index in [4.69, 9.17) is 5.11 Å². The predicted molar refractivity (Wildman–Crippen MR) is 18.3 cm³/mol. The molecule has 0 aromatic heterocycles. The van der Waals surface area contributed by atoms with Crippen molar-refractivity contribution in [3.63, 3.8) is 0 Å². The second-order valence-corrected chi connectivity index (χ2v) is 0.762. The first-order chi connectivity index (χ1) is 2.77. The molecule has 6 heavy (non-hydrogen) atoms. The molecule has 0 fully saturated rings. The molecule has 0 aliphatic heterocycles. The zero-order chi connectivity index (χ0) is 4.99. The van der Waals surface area contributed by atoms with Crippen LogP contribution in [0.5, 0.6) is 0 Å². The summed E-state index contributed by atoms with van der Waals surface area (Å²) in [4.78, 5) is 0. The highest BCUT2D eigenvalue weighted by Crippen LogP contribution is 1.76. The zero-order valence-corrected chi connectivity index (χ0v) is 3.55. The maximum absolute atomic E-state index is 9.46. The number of ether oxygens (including phenoxy) is 1. The number of aliphatic hydroxyl groups is 1. The number of hydrogen-bond acceptors (Lipinski definition) is 2. The fourth-order valence-corrected chi connectivity index (χ4v) is 0.143. The third kappa shape index (κ3) is 3.88. The maximum atomic E-state index is 9.46. The second-order valence-electron chi connectivity index (χ2n) is 0.762. The fourth-order valence-electron chi connectivity index (χ4n) is 0.143. The van der Waals surface area contributed by atoms with Crippen LogP contribution in [-0.4, -0.2) is 18.2 Å². The molecule has 0 amide bonds. The minimum Gasteiger partial charge on any atom is -0.344 e. The van der Waals surface area contributed by atoms with Gasteiger partial charge in [-0.3, -0.25) is 0 Å². The Morgan fingerprint density at radius 2 is 2.50 bits per heavy atom. The zero-order valence-electron chi connectivity index (χ0n) is 3.55. The SMILES string of the molecule is CCOC([O])O. The van der Waals surface area contributed by atoms with Crippen molar-refractivity contribution < 1.29 is 14.9 Å². The van der Waals surface area contributed by atoms with Crippen LogP contribution in [0.25, 0.3) is 0 Å². The summed E-state index contributed by atoms with van der Waals surface area (Å²) in [6, 6.07) is 0. The van der Waals surface area contributed by atoms with Gasteiger partial charge in [-0.25, -0.2) is 0 Å². The lowest BCUT2D eigenvalue weighted by molar-refractivity contribution is -0.264. The third-order valence-electron chi connectivity index (χ3n) is 0.309. The van der Waals surface area contributed by atoms with E-state index < -0.39 is 6.48 Å². The van der Waals surface area contributed by atoms with Gasteiger partial charge < -0.3 is 9.84 Å². The molecule has 0 heterocycles. The van der Waals surface area contributed by atoms with Crippen LogP contribution in [0.1, 0.15) is 6.92 Å². The quantitative estimate of drug-likeness (QED) is 0.475. The van der Waals surface area contributed by atoms with E-state index in [-0.39, 0.29) is 6.61 Å². The first-order valence-electron chi connectivity index (χ1n) is 1.73. The van der Waals surface area contributed by atoms with Crippen LogP contribution in [0.15, 0.2) is 0 Å². The monoisotopic (exact) mass is 91.0 g/mol. The molecule has 0 aliphatic rings. The lowest BCUT2D eigenvalue weighted by Gasteiger charge is -1.95. The van der Waals surface area contributed by atoms with Gasteiger partial charge in [0.25, 0.3) is 6.48 Å². The van der Waals surface area contributed by atoms with Crippen LogP contribution in [0.3, 0.4) is 0 Å². The minimum absolute atomic E-state index is 0.269. The molecule has 0 rings (SSSR count). The van der Waals surface area contributed by atoms with Crippen molar-refractivity contribution in [2.45, 2.75) is 13.4 Å². The average molecular weight is 91.1 g/mol. The summed E-state index contributed by atoms with van der Waals surface area (Å²) in [5, 5.41) is 17.2. The first kappa shape index (κ1) is 5.88. The highest BCUT2D eigenvalue weighted by Gasteiger charge is 1.90. The van der Waals surface area contributed by atoms with Crippen molar-refractivity contribution in [2.75, 3.05) is 6.61 Å². The molecule has 1 unspecified atom stereocenters. The van der Waals surface area contributed by atoms with Crippen molar-refractivity contribution >= 4 is 0 Å². The van der Waals surface area contributed by atoms with Crippen LogP contribution in [0.4, 0.5) is 0 Å². The van der Waals surface area contributed by atoms with Gasteiger partial charge in [-0.15, -0.1) is 0 Å². The Morgan fingerprint density at radius 1 is 2.00 bits per heavy atom. The van der Waals surface area contributed by atoms with Crippen LogP contribution >= 0.6 is 0 Å². The lowest BCUT2D eigenvalue weighted by atomic mass is 10.9. The van der Waals surface area contributed by atoms with E-state index in [1.807, 2.05) is 0 Å². The van der Waals surface area contributed by atoms with E-state index in [0.29, 0.717) is 0 Å². The number of rotatable bonds is 2. The van der Waals surface area contributed by atoms with Gasteiger partial charge in [0.05, 0.1) is 0 Å². The molecule has 0 bridgehead atoms. The summed E-state index contributed by atoms with van der Waals surface area (Å²) in [5.74, 6) is 0. The van der Waals surface area contributed by atoms with E-state index in [1.54, 1.807) is 6.92 Å². The Morgan fingerprint density at radius 3 is 2.50 bits per heavy atom. The van der Waals surface area contributed by atoms with Gasteiger partial charge in [0.15, 0.2) is 0 Å². The van der Waals surface area contributed by atoms with Gasteiger partial charge in [-0.05, 0) is 6.92 Å². The Hall–Kier alpha value is -0.120. The Bertz CT molecular complexity index is 27.2. The van der Waals surface area contributed by atoms with Crippen LogP contribution in [0, 0.1) is 0 Å². The summed E-state index contributed by atoms with van der Waals surface area (Å²) < 4.78 is 4.04. The summed E-state index contributed by atoms with van der Waals surface area (Å²) in [6.45, 7) is 0.0567. The van der Waals surface area contributed by atoms with Crippen molar-refractivity contribution in [3.8, 4) is 0 Å². The smallest absolute Gasteiger partial charge is 0.299 e. The molecule has 0 saturated heterocycles. The van der Waals surface area contributed by atoms with Gasteiger partial charge in [-0.2, -0.15) is 5.11 Å². The molecule has 3 heteroatoms. The summed E-state index contributed by atoms with van der Waals surface area (Å²) in [7, 11) is 0. The van der Waals surface area contributed by atoms with Gasteiger partial charge in [0.2, 0.25) is 0 Å². The van der Waals surface area contributed by atoms with Crippen molar-refractivity contribution in [1.29, 1.82) is 0 Å². The van der Waals surface area contributed by atoms with Gasteiger partial charge in [-0.1, -0.05) is 0 Å². The standard InChI is InChI=1S/C3H7O3/c1-2-6-3(4)5/h3-4H,2H2,1H3. The molecule has 0 aromatic carbocycles. The van der Waals surface area contributed by atoms with Crippen molar-refractivity contribution in [1.82, 2.24) is 0 Å². The van der Waals surface area contributed by atoms with E-state index in [1.165, 1.54) is 0 Å². The Balaban J connectivity index is 2.63. The van der Waals surface area contributed by atoms with Crippen LogP contribution < -0.4 is 0 Å². The average Bonchev–Trinajstić information content (AvgIpc) is 1.35. The van der Waals surface area contributed by atoms with E-state index in [0.717, 1.165) is 0 Å². The minimum atomic E-state index is -1.85. The van der Waals surface area contributed by atoms with Crippen molar-refractivity contribution in [3.05, 3.63) is 0 Å².